The maximum absolute atomic E-state index is 13.3. The van der Waals surface area contributed by atoms with Crippen LogP contribution in [0.4, 0.5) is 4.79 Å². The predicted octanol–water partition coefficient (Wildman–Crippen LogP) is 0.538. The maximum atomic E-state index is 13.3. The fraction of sp³-hybridized carbons (Fsp3) is 0.625. The summed E-state index contributed by atoms with van der Waals surface area (Å²) < 4.78 is 48.5. The quantitative estimate of drug-likeness (QED) is 0.114. The second-order valence-electron chi connectivity index (χ2n) is 11.7. The van der Waals surface area contributed by atoms with Crippen LogP contribution < -0.4 is 15.4 Å². The second kappa shape index (κ2) is 20.2. The minimum atomic E-state index is -1.71. The third kappa shape index (κ3) is 14.1. The summed E-state index contributed by atoms with van der Waals surface area (Å²) >= 11 is 0. The topological polar surface area (TPSA) is 230 Å². The van der Waals surface area contributed by atoms with Gasteiger partial charge in [-0.3, -0.25) is 19.2 Å². The largest absolute Gasteiger partial charge is 0.467 e. The molecule has 0 bridgehead atoms. The van der Waals surface area contributed by atoms with Crippen molar-refractivity contribution in [2.75, 3.05) is 46.6 Å². The van der Waals surface area contributed by atoms with Gasteiger partial charge < -0.3 is 58.4 Å². The average Bonchev–Trinajstić information content (AvgIpc) is 3.02. The minimum absolute atomic E-state index is 0.0564. The van der Waals surface area contributed by atoms with Crippen LogP contribution >= 0.6 is 0 Å². The number of aliphatic hydroxyl groups excluding tert-OH is 1. The van der Waals surface area contributed by atoms with Crippen LogP contribution in [0.3, 0.4) is 0 Å². The molecule has 0 saturated carbocycles. The molecule has 1 heterocycles. The summed E-state index contributed by atoms with van der Waals surface area (Å²) in [6.07, 6.45) is -8.76. The standard InChI is InChI=1S/C32H46N2O16/c1-18(36)45-24-25(46-19(2)37)27(47-20(3)38)30(49-26(24)29(40)42-7)48-23-9-8-21(17-35)16-22(23)28(39)33-10-12-43-14-15-44-13-11-34-31(41)50-32(4,5)6/h8-9,16,24-27,30,35H,10-15,17H2,1-7H3,(H,33,39)(H,34,41)/t24-,25-,26-,27+,30+/m0/s1. The molecule has 18 nitrogen and oxygen atoms in total. The van der Waals surface area contributed by atoms with Gasteiger partial charge in [0.1, 0.15) is 11.4 Å². The van der Waals surface area contributed by atoms with Gasteiger partial charge in [0.15, 0.2) is 18.3 Å². The summed E-state index contributed by atoms with van der Waals surface area (Å²) in [5, 5.41) is 14.9. The molecule has 2 rings (SSSR count). The van der Waals surface area contributed by atoms with Crippen LogP contribution in [0.5, 0.6) is 5.75 Å². The highest BCUT2D eigenvalue weighted by molar-refractivity contribution is 5.97. The molecule has 18 heteroatoms. The van der Waals surface area contributed by atoms with Crippen molar-refractivity contribution in [1.29, 1.82) is 0 Å². The van der Waals surface area contributed by atoms with Crippen molar-refractivity contribution in [3.63, 3.8) is 0 Å². The van der Waals surface area contributed by atoms with Crippen LogP contribution in [0.1, 0.15) is 57.5 Å². The van der Waals surface area contributed by atoms with E-state index in [0.717, 1.165) is 27.9 Å². The summed E-state index contributed by atoms with van der Waals surface area (Å²) in [7, 11) is 1.05. The maximum Gasteiger partial charge on any atom is 0.407 e. The van der Waals surface area contributed by atoms with Crippen LogP contribution in [0.2, 0.25) is 0 Å². The number of ether oxygens (including phenoxy) is 9. The highest BCUT2D eigenvalue weighted by atomic mass is 16.7. The third-order valence-electron chi connectivity index (χ3n) is 6.37. The number of hydrogen-bond acceptors (Lipinski definition) is 16. The minimum Gasteiger partial charge on any atom is -0.467 e. The number of alkyl carbamates (subject to hydrolysis) is 1. The fourth-order valence-electron chi connectivity index (χ4n) is 4.45. The number of hydrogen-bond donors (Lipinski definition) is 3. The lowest BCUT2D eigenvalue weighted by atomic mass is 9.97. The smallest absolute Gasteiger partial charge is 0.407 e. The molecule has 0 radical (unpaired) electrons. The molecule has 2 amide bonds. The molecule has 1 aliphatic rings. The zero-order chi connectivity index (χ0) is 37.4. The van der Waals surface area contributed by atoms with Crippen molar-refractivity contribution in [2.24, 2.45) is 0 Å². The Hall–Kier alpha value is -4.52. The molecule has 0 spiro atoms. The number of carbonyl (C=O) groups is 6. The number of amides is 2. The molecular formula is C32H46N2O16. The number of esters is 4. The SMILES string of the molecule is COC(=O)[C@H]1O[C@@H](Oc2ccc(CO)cc2C(=O)NCCOCCOCCNC(=O)OC(C)(C)C)[C@H](OC(C)=O)[C@@H](OC(C)=O)[C@@H]1OC(C)=O. The Morgan fingerprint density at radius 3 is 1.90 bits per heavy atom. The van der Waals surface area contributed by atoms with Gasteiger partial charge in [0.05, 0.1) is 45.7 Å². The van der Waals surface area contributed by atoms with Crippen molar-refractivity contribution in [1.82, 2.24) is 10.6 Å². The summed E-state index contributed by atoms with van der Waals surface area (Å²) in [5.41, 5.74) is -0.340. The van der Waals surface area contributed by atoms with Crippen LogP contribution in [-0.4, -0.2) is 124 Å². The third-order valence-corrected chi connectivity index (χ3v) is 6.37. The van der Waals surface area contributed by atoms with E-state index in [1.165, 1.54) is 18.2 Å². The van der Waals surface area contributed by atoms with Gasteiger partial charge >= 0.3 is 30.0 Å². The highest BCUT2D eigenvalue weighted by Crippen LogP contribution is 2.32. The second-order valence-corrected chi connectivity index (χ2v) is 11.7. The van der Waals surface area contributed by atoms with Gasteiger partial charge in [0, 0.05) is 33.9 Å². The van der Waals surface area contributed by atoms with E-state index in [1.807, 2.05) is 0 Å². The van der Waals surface area contributed by atoms with Gasteiger partial charge in [0.25, 0.3) is 5.91 Å². The Bertz CT molecular complexity index is 1330. The lowest BCUT2D eigenvalue weighted by Crippen LogP contribution is -2.64. The first-order valence-electron chi connectivity index (χ1n) is 15.6. The van der Waals surface area contributed by atoms with Gasteiger partial charge in [-0.1, -0.05) is 6.07 Å². The number of rotatable bonds is 17. The van der Waals surface area contributed by atoms with Gasteiger partial charge in [-0.15, -0.1) is 0 Å². The number of methoxy groups -OCH3 is 1. The van der Waals surface area contributed by atoms with Crippen LogP contribution in [0, 0.1) is 0 Å². The highest BCUT2D eigenvalue weighted by Gasteiger charge is 2.56. The molecule has 1 aromatic rings. The Kier molecular flexibility index (Phi) is 16.8. The molecular weight excluding hydrogens is 668 g/mol. The van der Waals surface area contributed by atoms with Gasteiger partial charge in [-0.05, 0) is 38.5 Å². The molecule has 1 aromatic carbocycles. The first-order valence-corrected chi connectivity index (χ1v) is 15.6. The zero-order valence-electron chi connectivity index (χ0n) is 29.1. The zero-order valence-corrected chi connectivity index (χ0v) is 29.1. The van der Waals surface area contributed by atoms with E-state index < -0.39 is 78.8 Å². The summed E-state index contributed by atoms with van der Waals surface area (Å²) in [4.78, 5) is 73.7. The molecule has 0 unspecified atom stereocenters. The van der Waals surface area contributed by atoms with E-state index in [2.05, 4.69) is 10.6 Å². The van der Waals surface area contributed by atoms with Crippen LogP contribution in [-0.2, 0) is 63.7 Å². The van der Waals surface area contributed by atoms with Crippen molar-refractivity contribution >= 4 is 35.9 Å². The molecule has 50 heavy (non-hydrogen) atoms. The number of benzene rings is 1. The summed E-state index contributed by atoms with van der Waals surface area (Å²) in [6.45, 7) is 9.07. The average molecular weight is 715 g/mol. The Morgan fingerprint density at radius 2 is 1.36 bits per heavy atom. The van der Waals surface area contributed by atoms with Crippen molar-refractivity contribution in [3.05, 3.63) is 29.3 Å². The van der Waals surface area contributed by atoms with Crippen molar-refractivity contribution in [3.8, 4) is 5.75 Å². The van der Waals surface area contributed by atoms with E-state index in [0.29, 0.717) is 5.56 Å². The number of aliphatic hydroxyl groups is 1. The number of nitrogens with one attached hydrogen (secondary N) is 2. The Labute approximate surface area is 289 Å². The molecule has 1 saturated heterocycles. The van der Waals surface area contributed by atoms with E-state index >= 15 is 0 Å². The van der Waals surface area contributed by atoms with E-state index in [9.17, 15) is 33.9 Å². The molecule has 5 atom stereocenters. The number of carbonyl (C=O) groups excluding carboxylic acids is 6. The molecule has 280 valence electrons. The van der Waals surface area contributed by atoms with Gasteiger partial charge in [-0.2, -0.15) is 0 Å². The Morgan fingerprint density at radius 1 is 0.800 bits per heavy atom. The monoisotopic (exact) mass is 714 g/mol. The first-order chi connectivity index (χ1) is 23.6. The molecule has 1 aliphatic heterocycles. The van der Waals surface area contributed by atoms with Gasteiger partial charge in [0.2, 0.25) is 12.4 Å². The van der Waals surface area contributed by atoms with E-state index in [-0.39, 0.29) is 50.8 Å². The Balaban J connectivity index is 2.11. The summed E-state index contributed by atoms with van der Waals surface area (Å²) in [6, 6.07) is 4.13. The summed E-state index contributed by atoms with van der Waals surface area (Å²) in [5.74, 6) is -4.41. The predicted molar refractivity (Wildman–Crippen MR) is 169 cm³/mol. The normalized spacial score (nSPS) is 20.1. The van der Waals surface area contributed by atoms with Gasteiger partial charge in [-0.25, -0.2) is 9.59 Å². The van der Waals surface area contributed by atoms with Crippen LogP contribution in [0.25, 0.3) is 0 Å². The van der Waals surface area contributed by atoms with Crippen molar-refractivity contribution in [2.45, 2.75) is 84.5 Å². The first kappa shape index (κ1) is 41.7. The molecule has 1 fully saturated rings. The molecule has 0 aromatic heterocycles. The lowest BCUT2D eigenvalue weighted by Gasteiger charge is -2.43. The lowest BCUT2D eigenvalue weighted by molar-refractivity contribution is -0.282. The molecule has 3 N–H and O–H groups in total. The van der Waals surface area contributed by atoms with E-state index in [1.54, 1.807) is 20.8 Å². The van der Waals surface area contributed by atoms with Crippen molar-refractivity contribution < 1.29 is 76.5 Å². The van der Waals surface area contributed by atoms with Crippen LogP contribution in [0.15, 0.2) is 18.2 Å². The fourth-order valence-corrected chi connectivity index (χ4v) is 4.45. The molecule has 0 aliphatic carbocycles. The van der Waals surface area contributed by atoms with E-state index in [4.69, 9.17) is 42.6 Å².